The Morgan fingerprint density at radius 3 is 1.53 bits per heavy atom. The standard InChI is InChI=1S/C11H21N5S/c1-6(2)12-10-14-9(8(5)17)15-11(16-10)13-7(3)4/h6-8,17H,1-5H3,(H2,12,13,14,15,16). The molecule has 1 heterocycles. The van der Waals surface area contributed by atoms with Gasteiger partial charge in [-0.25, -0.2) is 0 Å². The van der Waals surface area contributed by atoms with Crippen molar-refractivity contribution in [1.29, 1.82) is 0 Å². The molecule has 0 aliphatic carbocycles. The van der Waals surface area contributed by atoms with Gasteiger partial charge in [-0.05, 0) is 34.6 Å². The van der Waals surface area contributed by atoms with E-state index in [1.54, 1.807) is 0 Å². The second kappa shape index (κ2) is 6.05. The van der Waals surface area contributed by atoms with E-state index in [-0.39, 0.29) is 17.3 Å². The Morgan fingerprint density at radius 2 is 1.24 bits per heavy atom. The van der Waals surface area contributed by atoms with Gasteiger partial charge in [0.1, 0.15) is 5.82 Å². The highest BCUT2D eigenvalue weighted by molar-refractivity contribution is 7.80. The van der Waals surface area contributed by atoms with E-state index in [9.17, 15) is 0 Å². The third-order valence-corrected chi connectivity index (χ3v) is 2.09. The maximum absolute atomic E-state index is 4.36. The highest BCUT2D eigenvalue weighted by Gasteiger charge is 2.11. The predicted molar refractivity (Wildman–Crippen MR) is 74.7 cm³/mol. The van der Waals surface area contributed by atoms with Crippen molar-refractivity contribution in [2.24, 2.45) is 0 Å². The zero-order chi connectivity index (χ0) is 13.0. The summed E-state index contributed by atoms with van der Waals surface area (Å²) in [6.07, 6.45) is 0. The molecule has 2 N–H and O–H groups in total. The van der Waals surface area contributed by atoms with E-state index in [0.717, 1.165) is 0 Å². The molecule has 0 aliphatic heterocycles. The molecule has 1 atom stereocenters. The van der Waals surface area contributed by atoms with E-state index in [1.165, 1.54) is 0 Å². The molecule has 1 rings (SSSR count). The quantitative estimate of drug-likeness (QED) is 0.706. The number of hydrogen-bond acceptors (Lipinski definition) is 6. The van der Waals surface area contributed by atoms with E-state index in [0.29, 0.717) is 17.7 Å². The van der Waals surface area contributed by atoms with E-state index < -0.39 is 0 Å². The fraction of sp³-hybridized carbons (Fsp3) is 0.727. The van der Waals surface area contributed by atoms with Crippen molar-refractivity contribution in [3.8, 4) is 0 Å². The Morgan fingerprint density at radius 1 is 0.824 bits per heavy atom. The molecular formula is C11H21N5S. The van der Waals surface area contributed by atoms with Gasteiger partial charge in [0.25, 0.3) is 0 Å². The zero-order valence-electron chi connectivity index (χ0n) is 11.0. The fourth-order valence-corrected chi connectivity index (χ4v) is 1.34. The molecule has 0 aromatic carbocycles. The van der Waals surface area contributed by atoms with Crippen molar-refractivity contribution in [3.05, 3.63) is 5.82 Å². The van der Waals surface area contributed by atoms with Crippen LogP contribution in [0.3, 0.4) is 0 Å². The van der Waals surface area contributed by atoms with Crippen molar-refractivity contribution in [2.75, 3.05) is 10.6 Å². The number of anilines is 2. The number of hydrogen-bond donors (Lipinski definition) is 3. The molecule has 0 saturated carbocycles. The molecule has 1 aromatic heterocycles. The lowest BCUT2D eigenvalue weighted by Gasteiger charge is -2.14. The zero-order valence-corrected chi connectivity index (χ0v) is 11.9. The maximum Gasteiger partial charge on any atom is 0.227 e. The number of nitrogens with zero attached hydrogens (tertiary/aromatic N) is 3. The average molecular weight is 255 g/mol. The van der Waals surface area contributed by atoms with E-state index in [1.807, 2.05) is 34.6 Å². The lowest BCUT2D eigenvalue weighted by molar-refractivity contribution is 0.815. The molecule has 96 valence electrons. The summed E-state index contributed by atoms with van der Waals surface area (Å²) in [5.74, 6) is 1.86. The second-order valence-corrected chi connectivity index (χ2v) is 5.39. The molecule has 0 saturated heterocycles. The van der Waals surface area contributed by atoms with Gasteiger partial charge in [0, 0.05) is 12.1 Å². The van der Waals surface area contributed by atoms with E-state index in [4.69, 9.17) is 0 Å². The van der Waals surface area contributed by atoms with Crippen LogP contribution < -0.4 is 10.6 Å². The summed E-state index contributed by atoms with van der Waals surface area (Å²) in [6.45, 7) is 10.1. The molecule has 1 aromatic rings. The molecule has 0 radical (unpaired) electrons. The Hall–Kier alpha value is -1.04. The molecule has 0 aliphatic rings. The van der Waals surface area contributed by atoms with Crippen LogP contribution in [0.25, 0.3) is 0 Å². The van der Waals surface area contributed by atoms with Crippen LogP contribution in [0.2, 0.25) is 0 Å². The van der Waals surface area contributed by atoms with Gasteiger partial charge in [0.15, 0.2) is 0 Å². The van der Waals surface area contributed by atoms with Gasteiger partial charge in [-0.2, -0.15) is 27.6 Å². The van der Waals surface area contributed by atoms with Crippen molar-refractivity contribution in [2.45, 2.75) is 52.0 Å². The van der Waals surface area contributed by atoms with Gasteiger partial charge in [-0.1, -0.05) is 0 Å². The van der Waals surface area contributed by atoms with Crippen LogP contribution in [-0.2, 0) is 0 Å². The number of thiol groups is 1. The molecule has 0 spiro atoms. The lowest BCUT2D eigenvalue weighted by atomic mass is 10.4. The third kappa shape index (κ3) is 4.77. The van der Waals surface area contributed by atoms with Gasteiger partial charge in [-0.15, -0.1) is 0 Å². The highest BCUT2D eigenvalue weighted by Crippen LogP contribution is 2.17. The first-order valence-electron chi connectivity index (χ1n) is 5.85. The van der Waals surface area contributed by atoms with Gasteiger partial charge in [0.2, 0.25) is 11.9 Å². The normalized spacial score (nSPS) is 12.9. The Kier molecular flexibility index (Phi) is 4.99. The fourth-order valence-electron chi connectivity index (χ4n) is 1.22. The summed E-state index contributed by atoms with van der Waals surface area (Å²) in [6, 6.07) is 0.569. The third-order valence-electron chi connectivity index (χ3n) is 1.86. The van der Waals surface area contributed by atoms with Crippen LogP contribution in [-0.4, -0.2) is 27.0 Å². The van der Waals surface area contributed by atoms with Gasteiger partial charge in [0.05, 0.1) is 5.25 Å². The Bertz CT molecular complexity index is 337. The lowest BCUT2D eigenvalue weighted by Crippen LogP contribution is -2.18. The summed E-state index contributed by atoms with van der Waals surface area (Å²) in [5.41, 5.74) is 0. The topological polar surface area (TPSA) is 62.7 Å². The molecule has 0 bridgehead atoms. The Balaban J connectivity index is 3.00. The monoisotopic (exact) mass is 255 g/mol. The van der Waals surface area contributed by atoms with Crippen LogP contribution in [0.5, 0.6) is 0 Å². The van der Waals surface area contributed by atoms with Gasteiger partial charge >= 0.3 is 0 Å². The smallest absolute Gasteiger partial charge is 0.227 e. The van der Waals surface area contributed by atoms with Gasteiger partial charge < -0.3 is 10.6 Å². The van der Waals surface area contributed by atoms with Crippen LogP contribution in [0.1, 0.15) is 45.7 Å². The van der Waals surface area contributed by atoms with Crippen molar-refractivity contribution >= 4 is 24.5 Å². The van der Waals surface area contributed by atoms with Crippen molar-refractivity contribution < 1.29 is 0 Å². The maximum atomic E-state index is 4.36. The SMILES string of the molecule is CC(C)Nc1nc(NC(C)C)nc(C(C)S)n1. The molecule has 17 heavy (non-hydrogen) atoms. The van der Waals surface area contributed by atoms with Crippen molar-refractivity contribution in [3.63, 3.8) is 0 Å². The van der Waals surface area contributed by atoms with Gasteiger partial charge in [-0.3, -0.25) is 0 Å². The van der Waals surface area contributed by atoms with Crippen molar-refractivity contribution in [1.82, 2.24) is 15.0 Å². The molecule has 6 heteroatoms. The summed E-state index contributed by atoms with van der Waals surface area (Å²) in [5, 5.41) is 6.34. The summed E-state index contributed by atoms with van der Waals surface area (Å²) < 4.78 is 0. The first-order chi connectivity index (χ1) is 7.88. The Labute approximate surface area is 108 Å². The predicted octanol–water partition coefficient (Wildman–Crippen LogP) is 2.50. The average Bonchev–Trinajstić information content (AvgIpc) is 2.14. The first-order valence-corrected chi connectivity index (χ1v) is 6.37. The minimum atomic E-state index is -0.0153. The summed E-state index contributed by atoms with van der Waals surface area (Å²) in [4.78, 5) is 13.0. The van der Waals surface area contributed by atoms with Crippen LogP contribution in [0.15, 0.2) is 0 Å². The van der Waals surface area contributed by atoms with Crippen LogP contribution in [0, 0.1) is 0 Å². The first kappa shape index (κ1) is 14.0. The summed E-state index contributed by atoms with van der Waals surface area (Å²) in [7, 11) is 0. The molecule has 5 nitrogen and oxygen atoms in total. The van der Waals surface area contributed by atoms with E-state index >= 15 is 0 Å². The number of aromatic nitrogens is 3. The second-order valence-electron chi connectivity index (χ2n) is 4.61. The van der Waals surface area contributed by atoms with E-state index in [2.05, 4.69) is 38.2 Å². The molecule has 0 amide bonds. The molecule has 1 unspecified atom stereocenters. The minimum Gasteiger partial charge on any atom is -0.352 e. The summed E-state index contributed by atoms with van der Waals surface area (Å²) >= 11 is 4.36. The van der Waals surface area contributed by atoms with Crippen LogP contribution in [0.4, 0.5) is 11.9 Å². The molecule has 0 fully saturated rings. The largest absolute Gasteiger partial charge is 0.352 e. The number of rotatable bonds is 5. The minimum absolute atomic E-state index is 0.0153. The number of nitrogens with one attached hydrogen (secondary N) is 2. The van der Waals surface area contributed by atoms with Crippen LogP contribution >= 0.6 is 12.6 Å². The highest BCUT2D eigenvalue weighted by atomic mass is 32.1. The molecular weight excluding hydrogens is 234 g/mol.